The van der Waals surface area contributed by atoms with Crippen LogP contribution in [0.4, 0.5) is 0 Å². The van der Waals surface area contributed by atoms with E-state index in [1.54, 1.807) is 23.8 Å². The van der Waals surface area contributed by atoms with E-state index in [1.807, 2.05) is 17.5 Å². The first-order chi connectivity index (χ1) is 8.27. The minimum atomic E-state index is -0.765. The number of aliphatic imine (C=N–C) groups is 2. The molecule has 1 aromatic rings. The number of aliphatic carboxylic acids is 1. The van der Waals surface area contributed by atoms with Crippen LogP contribution in [0.25, 0.3) is 5.57 Å². The molecule has 1 aromatic heterocycles. The summed E-state index contributed by atoms with van der Waals surface area (Å²) in [6.45, 7) is 0. The van der Waals surface area contributed by atoms with Crippen molar-refractivity contribution < 1.29 is 9.90 Å². The standard InChI is InChI=1S/C12H12N2O2S/c15-11(16)5-1-3-9(10-4-2-8-17-10)12-13-6-7-14-12/h2,4,6-8H,1,3,5H2,(H,15,16). The molecule has 0 spiro atoms. The van der Waals surface area contributed by atoms with Crippen molar-refractivity contribution in [1.29, 1.82) is 0 Å². The average molecular weight is 248 g/mol. The van der Waals surface area contributed by atoms with Crippen LogP contribution in [0, 0.1) is 0 Å². The van der Waals surface area contributed by atoms with Gasteiger partial charge in [-0.1, -0.05) is 6.07 Å². The molecular weight excluding hydrogens is 236 g/mol. The minimum absolute atomic E-state index is 0.176. The van der Waals surface area contributed by atoms with Crippen molar-refractivity contribution in [2.75, 3.05) is 0 Å². The highest BCUT2D eigenvalue weighted by atomic mass is 32.1. The van der Waals surface area contributed by atoms with Gasteiger partial charge in [-0.15, -0.1) is 11.3 Å². The Balaban J connectivity index is 2.15. The maximum atomic E-state index is 10.5. The highest BCUT2D eigenvalue weighted by Crippen LogP contribution is 2.30. The van der Waals surface area contributed by atoms with E-state index in [-0.39, 0.29) is 6.42 Å². The van der Waals surface area contributed by atoms with Gasteiger partial charge in [0.1, 0.15) is 0 Å². The Morgan fingerprint density at radius 3 is 2.65 bits per heavy atom. The first-order valence-corrected chi connectivity index (χ1v) is 6.21. The number of hydrogen-bond acceptors (Lipinski definition) is 4. The summed E-state index contributed by atoms with van der Waals surface area (Å²) in [6, 6.07) is 3.98. The monoisotopic (exact) mass is 248 g/mol. The minimum Gasteiger partial charge on any atom is -0.481 e. The lowest BCUT2D eigenvalue weighted by Gasteiger charge is -2.05. The molecule has 2 heterocycles. The molecule has 0 aromatic carbocycles. The average Bonchev–Trinajstić information content (AvgIpc) is 2.97. The van der Waals surface area contributed by atoms with Crippen molar-refractivity contribution in [1.82, 2.24) is 0 Å². The molecule has 1 N–H and O–H groups in total. The first kappa shape index (κ1) is 11.7. The third-order valence-electron chi connectivity index (χ3n) is 2.37. The Hall–Kier alpha value is -1.75. The van der Waals surface area contributed by atoms with E-state index in [2.05, 4.69) is 9.98 Å². The largest absolute Gasteiger partial charge is 0.481 e. The number of carboxylic acids is 1. The van der Waals surface area contributed by atoms with Gasteiger partial charge >= 0.3 is 5.97 Å². The maximum Gasteiger partial charge on any atom is 0.303 e. The van der Waals surface area contributed by atoms with Gasteiger partial charge in [-0.3, -0.25) is 4.79 Å². The third kappa shape index (κ3) is 3.10. The van der Waals surface area contributed by atoms with Crippen LogP contribution in [0.15, 0.2) is 33.3 Å². The Morgan fingerprint density at radius 1 is 1.29 bits per heavy atom. The van der Waals surface area contributed by atoms with E-state index in [1.165, 1.54) is 0 Å². The number of rotatable bonds is 5. The predicted octanol–water partition coefficient (Wildman–Crippen LogP) is 2.83. The summed E-state index contributed by atoms with van der Waals surface area (Å²) in [5.41, 5.74) is 1.03. The van der Waals surface area contributed by atoms with Gasteiger partial charge in [0.2, 0.25) is 0 Å². The zero-order chi connectivity index (χ0) is 12.1. The fourth-order valence-corrected chi connectivity index (χ4v) is 2.41. The molecule has 0 atom stereocenters. The molecule has 17 heavy (non-hydrogen) atoms. The van der Waals surface area contributed by atoms with Gasteiger partial charge in [0.05, 0.1) is 0 Å². The smallest absolute Gasteiger partial charge is 0.303 e. The quantitative estimate of drug-likeness (QED) is 0.870. The van der Waals surface area contributed by atoms with Crippen molar-refractivity contribution in [2.45, 2.75) is 19.3 Å². The van der Waals surface area contributed by atoms with Crippen LogP contribution in [0.3, 0.4) is 0 Å². The molecule has 0 unspecified atom stereocenters. The third-order valence-corrected chi connectivity index (χ3v) is 3.30. The van der Waals surface area contributed by atoms with Crippen molar-refractivity contribution in [3.05, 3.63) is 28.2 Å². The molecule has 0 radical (unpaired) electrons. The molecule has 0 amide bonds. The molecule has 0 saturated carbocycles. The zero-order valence-corrected chi connectivity index (χ0v) is 9.98. The summed E-state index contributed by atoms with van der Waals surface area (Å²) in [5.74, 6) is -0.0585. The maximum absolute atomic E-state index is 10.5. The normalized spacial score (nSPS) is 13.3. The van der Waals surface area contributed by atoms with Gasteiger partial charge in [0, 0.05) is 29.3 Å². The summed E-state index contributed by atoms with van der Waals surface area (Å²) in [4.78, 5) is 20.0. The molecule has 0 fully saturated rings. The highest BCUT2D eigenvalue weighted by Gasteiger charge is 2.11. The Kier molecular flexibility index (Phi) is 3.82. The molecule has 2 rings (SSSR count). The van der Waals surface area contributed by atoms with Gasteiger partial charge in [-0.05, 0) is 24.3 Å². The SMILES string of the molecule is O=C(O)CCCC(=C1N=CC=N1)c1cccs1. The number of hydrogen-bond donors (Lipinski definition) is 1. The summed E-state index contributed by atoms with van der Waals surface area (Å²) in [5, 5.41) is 10.6. The van der Waals surface area contributed by atoms with Gasteiger partial charge < -0.3 is 5.11 Å². The van der Waals surface area contributed by atoms with Crippen LogP contribution in [-0.2, 0) is 4.79 Å². The lowest BCUT2D eigenvalue weighted by atomic mass is 10.1. The highest BCUT2D eigenvalue weighted by molar-refractivity contribution is 7.11. The van der Waals surface area contributed by atoms with Crippen LogP contribution in [-0.4, -0.2) is 23.5 Å². The predicted molar refractivity (Wildman–Crippen MR) is 69.7 cm³/mol. The lowest BCUT2D eigenvalue weighted by Crippen LogP contribution is -1.95. The number of nitrogens with zero attached hydrogens (tertiary/aromatic N) is 2. The van der Waals surface area contributed by atoms with E-state index in [0.29, 0.717) is 18.7 Å². The van der Waals surface area contributed by atoms with Crippen LogP contribution < -0.4 is 0 Å². The summed E-state index contributed by atoms with van der Waals surface area (Å²) in [7, 11) is 0. The molecule has 1 aliphatic rings. The van der Waals surface area contributed by atoms with Crippen LogP contribution in [0.1, 0.15) is 24.1 Å². The lowest BCUT2D eigenvalue weighted by molar-refractivity contribution is -0.137. The summed E-state index contributed by atoms with van der Waals surface area (Å²) >= 11 is 1.62. The number of carboxylic acid groups (broad SMARTS) is 1. The second kappa shape index (κ2) is 5.54. The van der Waals surface area contributed by atoms with Crippen molar-refractivity contribution in [3.8, 4) is 0 Å². The Bertz CT molecular complexity index is 473. The van der Waals surface area contributed by atoms with E-state index in [9.17, 15) is 4.79 Å². The van der Waals surface area contributed by atoms with Crippen LogP contribution in [0.5, 0.6) is 0 Å². The second-order valence-electron chi connectivity index (χ2n) is 3.58. The first-order valence-electron chi connectivity index (χ1n) is 5.33. The topological polar surface area (TPSA) is 62.0 Å². The fourth-order valence-electron chi connectivity index (χ4n) is 1.61. The molecular formula is C12H12N2O2S. The summed E-state index contributed by atoms with van der Waals surface area (Å²) < 4.78 is 0. The molecule has 0 bridgehead atoms. The number of allylic oxidation sites excluding steroid dienone is 1. The van der Waals surface area contributed by atoms with E-state index in [4.69, 9.17) is 5.11 Å². The number of carbonyl (C=O) groups is 1. The molecule has 5 heteroatoms. The van der Waals surface area contributed by atoms with E-state index in [0.717, 1.165) is 10.5 Å². The van der Waals surface area contributed by atoms with Gasteiger partial charge in [0.25, 0.3) is 0 Å². The molecule has 1 aliphatic heterocycles. The van der Waals surface area contributed by atoms with E-state index < -0.39 is 5.97 Å². The Labute approximate surface area is 103 Å². The fraction of sp³-hybridized carbons (Fsp3) is 0.250. The van der Waals surface area contributed by atoms with Crippen molar-refractivity contribution >= 4 is 35.3 Å². The second-order valence-corrected chi connectivity index (χ2v) is 4.53. The zero-order valence-electron chi connectivity index (χ0n) is 9.17. The van der Waals surface area contributed by atoms with Crippen molar-refractivity contribution in [3.63, 3.8) is 0 Å². The van der Waals surface area contributed by atoms with Gasteiger partial charge in [-0.25, -0.2) is 9.98 Å². The molecule has 0 aliphatic carbocycles. The van der Waals surface area contributed by atoms with Crippen LogP contribution >= 0.6 is 11.3 Å². The van der Waals surface area contributed by atoms with Gasteiger partial charge in [0.15, 0.2) is 5.82 Å². The van der Waals surface area contributed by atoms with E-state index >= 15 is 0 Å². The number of thiophene rings is 1. The van der Waals surface area contributed by atoms with Gasteiger partial charge in [-0.2, -0.15) is 0 Å². The molecule has 4 nitrogen and oxygen atoms in total. The van der Waals surface area contributed by atoms with Crippen LogP contribution in [0.2, 0.25) is 0 Å². The summed E-state index contributed by atoms with van der Waals surface area (Å²) in [6.07, 6.45) is 4.78. The molecule has 88 valence electrons. The van der Waals surface area contributed by atoms with Crippen molar-refractivity contribution in [2.24, 2.45) is 9.98 Å². The Morgan fingerprint density at radius 2 is 2.06 bits per heavy atom. The molecule has 0 saturated heterocycles.